The number of nitrogens with zero attached hydrogens (tertiary/aromatic N) is 1. The summed E-state index contributed by atoms with van der Waals surface area (Å²) in [6.07, 6.45) is 1.92. The van der Waals surface area contributed by atoms with Crippen LogP contribution in [0.3, 0.4) is 0 Å². The van der Waals surface area contributed by atoms with Crippen molar-refractivity contribution in [3.8, 4) is 17.0 Å². The molecule has 0 N–H and O–H groups in total. The van der Waals surface area contributed by atoms with Gasteiger partial charge in [-0.3, -0.25) is 4.79 Å². The topological polar surface area (TPSA) is 52.3 Å². The monoisotopic (exact) mass is 259 g/mol. The van der Waals surface area contributed by atoms with Gasteiger partial charge in [0.25, 0.3) is 0 Å². The Morgan fingerprint density at radius 2 is 2.05 bits per heavy atom. The summed E-state index contributed by atoms with van der Waals surface area (Å²) in [5, 5.41) is 0. The van der Waals surface area contributed by atoms with Gasteiger partial charge in [0.2, 0.25) is 0 Å². The molecule has 0 spiro atoms. The Labute approximate surface area is 112 Å². The number of aldehydes is 1. The van der Waals surface area contributed by atoms with Gasteiger partial charge >= 0.3 is 0 Å². The molecular weight excluding hydrogens is 242 g/mol. The van der Waals surface area contributed by atoms with E-state index in [1.807, 2.05) is 18.2 Å². The van der Waals surface area contributed by atoms with E-state index in [2.05, 4.69) is 25.8 Å². The lowest BCUT2D eigenvalue weighted by Gasteiger charge is -2.20. The third-order valence-electron chi connectivity index (χ3n) is 3.02. The van der Waals surface area contributed by atoms with Crippen molar-refractivity contribution in [1.29, 1.82) is 0 Å². The molecule has 1 aromatic heterocycles. The van der Waals surface area contributed by atoms with Crippen LogP contribution >= 0.6 is 0 Å². The number of carbonyl (C=O) groups is 1. The van der Waals surface area contributed by atoms with Gasteiger partial charge in [0.05, 0.1) is 7.11 Å². The predicted molar refractivity (Wildman–Crippen MR) is 72.6 cm³/mol. The molecule has 4 heteroatoms. The van der Waals surface area contributed by atoms with E-state index in [4.69, 9.17) is 9.15 Å². The third-order valence-corrected chi connectivity index (χ3v) is 3.02. The molecule has 1 aromatic carbocycles. The normalized spacial score (nSPS) is 11.4. The van der Waals surface area contributed by atoms with Crippen LogP contribution in [0.2, 0.25) is 0 Å². The minimum absolute atomic E-state index is 0.00605. The van der Waals surface area contributed by atoms with Crippen molar-refractivity contribution in [2.75, 3.05) is 7.11 Å². The molecule has 0 aliphatic carbocycles. The van der Waals surface area contributed by atoms with E-state index >= 15 is 0 Å². The molecule has 0 radical (unpaired) electrons. The number of oxazole rings is 1. The van der Waals surface area contributed by atoms with Gasteiger partial charge in [-0.25, -0.2) is 4.98 Å². The summed E-state index contributed by atoms with van der Waals surface area (Å²) in [4.78, 5) is 15.1. The lowest BCUT2D eigenvalue weighted by atomic mass is 9.85. The Bertz CT molecular complexity index is 594. The summed E-state index contributed by atoms with van der Waals surface area (Å²) in [5.74, 6) is 0.884. The van der Waals surface area contributed by atoms with Crippen LogP contribution in [0.1, 0.15) is 36.9 Å². The van der Waals surface area contributed by atoms with Crippen LogP contribution in [0.5, 0.6) is 5.75 Å². The van der Waals surface area contributed by atoms with E-state index in [0.717, 1.165) is 11.1 Å². The molecule has 0 aliphatic heterocycles. The van der Waals surface area contributed by atoms with Gasteiger partial charge in [0.15, 0.2) is 18.4 Å². The van der Waals surface area contributed by atoms with Crippen LogP contribution in [0.4, 0.5) is 0 Å². The van der Waals surface area contributed by atoms with Crippen LogP contribution in [0.15, 0.2) is 29.0 Å². The maximum Gasteiger partial charge on any atom is 0.194 e. The highest BCUT2D eigenvalue weighted by atomic mass is 16.5. The van der Waals surface area contributed by atoms with E-state index < -0.39 is 0 Å². The lowest BCUT2D eigenvalue weighted by molar-refractivity contribution is 0.110. The van der Waals surface area contributed by atoms with Gasteiger partial charge in [0.1, 0.15) is 11.4 Å². The molecule has 19 heavy (non-hydrogen) atoms. The van der Waals surface area contributed by atoms with Crippen molar-refractivity contribution in [3.05, 3.63) is 35.9 Å². The summed E-state index contributed by atoms with van der Waals surface area (Å²) >= 11 is 0. The minimum atomic E-state index is 0.00605. The molecule has 2 aromatic rings. The first kappa shape index (κ1) is 13.3. The van der Waals surface area contributed by atoms with Gasteiger partial charge in [-0.05, 0) is 23.1 Å². The highest BCUT2D eigenvalue weighted by Gasteiger charge is 2.19. The Morgan fingerprint density at radius 3 is 2.63 bits per heavy atom. The molecule has 0 saturated heterocycles. The van der Waals surface area contributed by atoms with Crippen molar-refractivity contribution < 1.29 is 13.9 Å². The molecule has 0 fully saturated rings. The summed E-state index contributed by atoms with van der Waals surface area (Å²) in [6, 6.07) is 5.89. The quantitative estimate of drug-likeness (QED) is 0.792. The van der Waals surface area contributed by atoms with Gasteiger partial charge < -0.3 is 9.15 Å². The van der Waals surface area contributed by atoms with Gasteiger partial charge in [-0.2, -0.15) is 0 Å². The first-order valence-electron chi connectivity index (χ1n) is 6.05. The van der Waals surface area contributed by atoms with Gasteiger partial charge in [0, 0.05) is 5.56 Å². The molecule has 2 rings (SSSR count). The van der Waals surface area contributed by atoms with E-state index in [0.29, 0.717) is 17.7 Å². The SMILES string of the molecule is COc1ccc(C(C)(C)C)cc1-c1ncoc1C=O. The predicted octanol–water partition coefficient (Wildman–Crippen LogP) is 3.46. The highest BCUT2D eigenvalue weighted by Crippen LogP contribution is 2.35. The maximum atomic E-state index is 11.0. The van der Waals surface area contributed by atoms with Crippen molar-refractivity contribution in [2.24, 2.45) is 0 Å². The fourth-order valence-corrected chi connectivity index (χ4v) is 1.90. The molecule has 0 unspecified atom stereocenters. The smallest absolute Gasteiger partial charge is 0.194 e. The maximum absolute atomic E-state index is 11.0. The molecular formula is C15H17NO3. The first-order chi connectivity index (χ1) is 8.97. The fourth-order valence-electron chi connectivity index (χ4n) is 1.90. The molecule has 0 aliphatic rings. The average Bonchev–Trinajstić information content (AvgIpc) is 2.85. The second-order valence-corrected chi connectivity index (χ2v) is 5.35. The molecule has 1 heterocycles. The number of ether oxygens (including phenoxy) is 1. The molecule has 100 valence electrons. The Kier molecular flexibility index (Phi) is 3.42. The second-order valence-electron chi connectivity index (χ2n) is 5.35. The summed E-state index contributed by atoms with van der Waals surface area (Å²) in [5.41, 5.74) is 2.43. The second kappa shape index (κ2) is 4.88. The standard InChI is InChI=1S/C15H17NO3/c1-15(2,3)10-5-6-12(18-4)11(7-10)14-13(8-17)19-9-16-14/h5-9H,1-4H3. The van der Waals surface area contributed by atoms with E-state index in [-0.39, 0.29) is 11.2 Å². The van der Waals surface area contributed by atoms with Crippen LogP contribution in [-0.4, -0.2) is 18.4 Å². The number of benzene rings is 1. The van der Waals surface area contributed by atoms with Gasteiger partial charge in [-0.15, -0.1) is 0 Å². The number of methoxy groups -OCH3 is 1. The number of hydrogen-bond acceptors (Lipinski definition) is 4. The van der Waals surface area contributed by atoms with Crippen molar-refractivity contribution in [2.45, 2.75) is 26.2 Å². The van der Waals surface area contributed by atoms with E-state index in [1.165, 1.54) is 6.39 Å². The zero-order chi connectivity index (χ0) is 14.0. The molecule has 4 nitrogen and oxygen atoms in total. The largest absolute Gasteiger partial charge is 0.496 e. The van der Waals surface area contributed by atoms with Crippen LogP contribution in [-0.2, 0) is 5.41 Å². The molecule has 0 atom stereocenters. The van der Waals surface area contributed by atoms with Crippen molar-refractivity contribution in [1.82, 2.24) is 4.98 Å². The average molecular weight is 259 g/mol. The Morgan fingerprint density at radius 1 is 1.32 bits per heavy atom. The Balaban J connectivity index is 2.63. The molecule has 0 saturated carbocycles. The van der Waals surface area contributed by atoms with Crippen molar-refractivity contribution in [3.63, 3.8) is 0 Å². The fraction of sp³-hybridized carbons (Fsp3) is 0.333. The Hall–Kier alpha value is -2.10. The van der Waals surface area contributed by atoms with E-state index in [9.17, 15) is 4.79 Å². The highest BCUT2D eigenvalue weighted by molar-refractivity contribution is 5.84. The summed E-state index contributed by atoms with van der Waals surface area (Å²) in [7, 11) is 1.59. The van der Waals surface area contributed by atoms with Crippen molar-refractivity contribution >= 4 is 6.29 Å². The summed E-state index contributed by atoms with van der Waals surface area (Å²) < 4.78 is 10.4. The van der Waals surface area contributed by atoms with Gasteiger partial charge in [-0.1, -0.05) is 26.8 Å². The minimum Gasteiger partial charge on any atom is -0.496 e. The first-order valence-corrected chi connectivity index (χ1v) is 6.05. The number of carbonyl (C=O) groups excluding carboxylic acids is 1. The number of aromatic nitrogens is 1. The lowest BCUT2D eigenvalue weighted by Crippen LogP contribution is -2.11. The summed E-state index contributed by atoms with van der Waals surface area (Å²) in [6.45, 7) is 6.38. The third kappa shape index (κ3) is 2.52. The van der Waals surface area contributed by atoms with Crippen LogP contribution in [0.25, 0.3) is 11.3 Å². The molecule has 0 bridgehead atoms. The van der Waals surface area contributed by atoms with Crippen LogP contribution < -0.4 is 4.74 Å². The van der Waals surface area contributed by atoms with Crippen LogP contribution in [0, 0.1) is 0 Å². The molecule has 0 amide bonds. The zero-order valence-electron chi connectivity index (χ0n) is 11.6. The van der Waals surface area contributed by atoms with E-state index in [1.54, 1.807) is 7.11 Å². The number of rotatable bonds is 3. The zero-order valence-corrected chi connectivity index (χ0v) is 11.6. The number of hydrogen-bond donors (Lipinski definition) is 0.